The molecule has 0 heterocycles. The highest BCUT2D eigenvalue weighted by molar-refractivity contribution is 5.81. The SMILES string of the molecule is CC[C@H](C)[C@H](N)C(=O)NCC(F)(F)C(F)F. The first kappa shape index (κ1) is 15.2. The molecule has 0 aromatic carbocycles. The second-order valence-corrected chi connectivity index (χ2v) is 3.69. The van der Waals surface area contributed by atoms with E-state index in [2.05, 4.69) is 0 Å². The van der Waals surface area contributed by atoms with Crippen LogP contribution in [0.25, 0.3) is 0 Å². The minimum absolute atomic E-state index is 0.194. The first-order valence-corrected chi connectivity index (χ1v) is 4.91. The van der Waals surface area contributed by atoms with Crippen LogP contribution in [0.1, 0.15) is 20.3 Å². The highest BCUT2D eigenvalue weighted by Gasteiger charge is 2.41. The Labute approximate surface area is 91.4 Å². The summed E-state index contributed by atoms with van der Waals surface area (Å²) in [6.07, 6.45) is -3.20. The quantitative estimate of drug-likeness (QED) is 0.693. The lowest BCUT2D eigenvalue weighted by molar-refractivity contribution is -0.137. The first-order valence-electron chi connectivity index (χ1n) is 4.91. The van der Waals surface area contributed by atoms with Crippen molar-refractivity contribution in [2.45, 2.75) is 38.7 Å². The van der Waals surface area contributed by atoms with Gasteiger partial charge in [0.05, 0.1) is 12.6 Å². The molecule has 0 saturated heterocycles. The third-order valence-corrected chi connectivity index (χ3v) is 2.38. The second-order valence-electron chi connectivity index (χ2n) is 3.69. The van der Waals surface area contributed by atoms with E-state index in [0.717, 1.165) is 0 Å². The molecule has 3 nitrogen and oxygen atoms in total. The number of nitrogens with two attached hydrogens (primary N) is 1. The lowest BCUT2D eigenvalue weighted by atomic mass is 9.99. The van der Waals surface area contributed by atoms with Gasteiger partial charge < -0.3 is 11.1 Å². The van der Waals surface area contributed by atoms with Crippen LogP contribution in [0.15, 0.2) is 0 Å². The topological polar surface area (TPSA) is 55.1 Å². The highest BCUT2D eigenvalue weighted by atomic mass is 19.3. The molecule has 0 aliphatic heterocycles. The van der Waals surface area contributed by atoms with Gasteiger partial charge in [-0.1, -0.05) is 20.3 Å². The molecule has 16 heavy (non-hydrogen) atoms. The van der Waals surface area contributed by atoms with E-state index in [0.29, 0.717) is 6.42 Å². The molecule has 2 atom stereocenters. The molecule has 0 rings (SSSR count). The van der Waals surface area contributed by atoms with E-state index in [1.807, 2.05) is 0 Å². The zero-order valence-corrected chi connectivity index (χ0v) is 9.14. The molecule has 0 aliphatic carbocycles. The number of carbonyl (C=O) groups excluding carboxylic acids is 1. The maximum Gasteiger partial charge on any atom is 0.324 e. The van der Waals surface area contributed by atoms with E-state index in [-0.39, 0.29) is 5.92 Å². The standard InChI is InChI=1S/C9H16F4N2O/c1-3-5(2)6(14)7(16)15-4-9(12,13)8(10)11/h5-6,8H,3-4,14H2,1-2H3,(H,15,16)/t5-,6-/m0/s1. The molecule has 1 amide bonds. The predicted molar refractivity (Wildman–Crippen MR) is 51.4 cm³/mol. The number of alkyl halides is 4. The van der Waals surface area contributed by atoms with Gasteiger partial charge in [0.1, 0.15) is 0 Å². The highest BCUT2D eigenvalue weighted by Crippen LogP contribution is 2.21. The molecular formula is C9H16F4N2O. The van der Waals surface area contributed by atoms with Crippen LogP contribution in [0.5, 0.6) is 0 Å². The second kappa shape index (κ2) is 6.03. The van der Waals surface area contributed by atoms with Crippen LogP contribution in [-0.2, 0) is 4.79 Å². The van der Waals surface area contributed by atoms with Crippen LogP contribution in [0, 0.1) is 5.92 Å². The maximum atomic E-state index is 12.4. The van der Waals surface area contributed by atoms with Gasteiger partial charge in [-0.3, -0.25) is 4.79 Å². The van der Waals surface area contributed by atoms with Crippen LogP contribution in [-0.4, -0.2) is 30.8 Å². The Kier molecular flexibility index (Phi) is 5.71. The number of rotatable bonds is 6. The third kappa shape index (κ3) is 4.34. The summed E-state index contributed by atoms with van der Waals surface area (Å²) in [5.41, 5.74) is 5.43. The van der Waals surface area contributed by atoms with Gasteiger partial charge in [-0.15, -0.1) is 0 Å². The van der Waals surface area contributed by atoms with Crippen molar-refractivity contribution in [3.05, 3.63) is 0 Å². The molecule has 0 unspecified atom stereocenters. The lowest BCUT2D eigenvalue weighted by Gasteiger charge is -2.20. The van der Waals surface area contributed by atoms with Crippen molar-refractivity contribution in [1.29, 1.82) is 0 Å². The molecule has 0 aromatic heterocycles. The smallest absolute Gasteiger partial charge is 0.324 e. The Bertz CT molecular complexity index is 236. The zero-order valence-electron chi connectivity index (χ0n) is 9.14. The van der Waals surface area contributed by atoms with Crippen molar-refractivity contribution in [3.63, 3.8) is 0 Å². The molecule has 96 valence electrons. The van der Waals surface area contributed by atoms with Gasteiger partial charge in [-0.05, 0) is 5.92 Å². The Morgan fingerprint density at radius 1 is 1.44 bits per heavy atom. The van der Waals surface area contributed by atoms with Crippen LogP contribution in [0.4, 0.5) is 17.6 Å². The largest absolute Gasteiger partial charge is 0.348 e. The molecular weight excluding hydrogens is 228 g/mol. The van der Waals surface area contributed by atoms with E-state index in [9.17, 15) is 22.4 Å². The number of nitrogens with one attached hydrogen (secondary N) is 1. The molecule has 0 saturated carbocycles. The van der Waals surface area contributed by atoms with Gasteiger partial charge in [0.25, 0.3) is 0 Å². The number of amides is 1. The Morgan fingerprint density at radius 2 is 1.94 bits per heavy atom. The molecule has 0 bridgehead atoms. The molecule has 7 heteroatoms. The summed E-state index contributed by atoms with van der Waals surface area (Å²) in [6, 6.07) is -0.960. The normalized spacial score (nSPS) is 16.0. The summed E-state index contributed by atoms with van der Waals surface area (Å²) < 4.78 is 48.4. The Hall–Kier alpha value is -0.850. The molecule has 0 spiro atoms. The predicted octanol–water partition coefficient (Wildman–Crippen LogP) is 1.38. The van der Waals surface area contributed by atoms with Gasteiger partial charge in [-0.25, -0.2) is 8.78 Å². The third-order valence-electron chi connectivity index (χ3n) is 2.38. The summed E-state index contributed by atoms with van der Waals surface area (Å²) in [5.74, 6) is -5.25. The number of hydrogen-bond donors (Lipinski definition) is 2. The summed E-state index contributed by atoms with van der Waals surface area (Å²) in [4.78, 5) is 11.2. The van der Waals surface area contributed by atoms with Crippen molar-refractivity contribution in [2.24, 2.45) is 11.7 Å². The summed E-state index contributed by atoms with van der Waals surface area (Å²) in [5, 5.41) is 1.73. The molecule has 0 radical (unpaired) electrons. The summed E-state index contributed by atoms with van der Waals surface area (Å²) >= 11 is 0. The summed E-state index contributed by atoms with van der Waals surface area (Å²) in [7, 11) is 0. The van der Waals surface area contributed by atoms with Crippen molar-refractivity contribution in [3.8, 4) is 0 Å². The zero-order chi connectivity index (χ0) is 12.9. The number of carbonyl (C=O) groups is 1. The van der Waals surface area contributed by atoms with Crippen molar-refractivity contribution < 1.29 is 22.4 Å². The maximum absolute atomic E-state index is 12.4. The minimum Gasteiger partial charge on any atom is -0.348 e. The van der Waals surface area contributed by atoms with Gasteiger partial charge in [0.2, 0.25) is 5.91 Å². The van der Waals surface area contributed by atoms with E-state index < -0.39 is 30.8 Å². The van der Waals surface area contributed by atoms with E-state index >= 15 is 0 Å². The van der Waals surface area contributed by atoms with E-state index in [4.69, 9.17) is 5.73 Å². The Morgan fingerprint density at radius 3 is 2.31 bits per heavy atom. The summed E-state index contributed by atoms with van der Waals surface area (Å²) in [6.45, 7) is 2.06. The fourth-order valence-electron chi connectivity index (χ4n) is 0.912. The number of hydrogen-bond acceptors (Lipinski definition) is 2. The lowest BCUT2D eigenvalue weighted by Crippen LogP contribution is -2.49. The van der Waals surface area contributed by atoms with Crippen LogP contribution in [0.2, 0.25) is 0 Å². The monoisotopic (exact) mass is 244 g/mol. The Balaban J connectivity index is 4.17. The van der Waals surface area contributed by atoms with Gasteiger partial charge in [0.15, 0.2) is 0 Å². The average Bonchev–Trinajstić information content (AvgIpc) is 2.23. The van der Waals surface area contributed by atoms with Crippen molar-refractivity contribution in [1.82, 2.24) is 5.32 Å². The fourth-order valence-corrected chi connectivity index (χ4v) is 0.912. The van der Waals surface area contributed by atoms with Gasteiger partial charge >= 0.3 is 12.3 Å². The van der Waals surface area contributed by atoms with Crippen LogP contribution >= 0.6 is 0 Å². The molecule has 3 N–H and O–H groups in total. The molecule has 0 fully saturated rings. The minimum atomic E-state index is -4.22. The first-order chi connectivity index (χ1) is 7.22. The molecule has 0 aromatic rings. The molecule has 0 aliphatic rings. The fraction of sp³-hybridized carbons (Fsp3) is 0.889. The van der Waals surface area contributed by atoms with Crippen LogP contribution in [0.3, 0.4) is 0 Å². The number of halogens is 4. The average molecular weight is 244 g/mol. The van der Waals surface area contributed by atoms with E-state index in [1.54, 1.807) is 19.2 Å². The van der Waals surface area contributed by atoms with E-state index in [1.165, 1.54) is 0 Å². The van der Waals surface area contributed by atoms with Gasteiger partial charge in [0, 0.05) is 0 Å². The van der Waals surface area contributed by atoms with Gasteiger partial charge in [-0.2, -0.15) is 8.78 Å². The van der Waals surface area contributed by atoms with Crippen molar-refractivity contribution in [2.75, 3.05) is 6.54 Å². The van der Waals surface area contributed by atoms with Crippen molar-refractivity contribution >= 4 is 5.91 Å². The van der Waals surface area contributed by atoms with Crippen LogP contribution < -0.4 is 11.1 Å².